The molecule has 1 unspecified atom stereocenters. The largest absolute Gasteiger partial charge is 0.493 e. The van der Waals surface area contributed by atoms with Crippen LogP contribution in [0.2, 0.25) is 0 Å². The standard InChI is InChI=1S/C22H28N2O3/c1-24(14-16-11-12-20(26-2)21(13-16)27-3)15-22(25)23-19-10-6-8-17-7-4-5-9-18(17)19/h4-5,7,9,11-13,19H,6,8,10,14-15H2,1-3H3,(H,23,25)/p+1/t19-/m0/s1. The second kappa shape index (κ2) is 8.91. The number of hydrogen-bond donors (Lipinski definition) is 2. The number of amides is 1. The Morgan fingerprint density at radius 2 is 1.93 bits per heavy atom. The molecule has 144 valence electrons. The van der Waals surface area contributed by atoms with Gasteiger partial charge in [0.15, 0.2) is 18.0 Å². The Bertz CT molecular complexity index is 791. The van der Waals surface area contributed by atoms with Crippen molar-refractivity contribution < 1.29 is 19.2 Å². The topological polar surface area (TPSA) is 52.0 Å². The number of likely N-dealkylation sites (N-methyl/N-ethyl adjacent to an activating group) is 1. The predicted octanol–water partition coefficient (Wildman–Crippen LogP) is 1.91. The first-order valence-electron chi connectivity index (χ1n) is 9.50. The summed E-state index contributed by atoms with van der Waals surface area (Å²) in [6.45, 7) is 1.18. The fourth-order valence-corrected chi connectivity index (χ4v) is 3.82. The minimum absolute atomic E-state index is 0.0923. The van der Waals surface area contributed by atoms with Gasteiger partial charge in [-0.05, 0) is 48.6 Å². The van der Waals surface area contributed by atoms with Crippen molar-refractivity contribution >= 4 is 5.91 Å². The maximum Gasteiger partial charge on any atom is 0.275 e. The Hall–Kier alpha value is -2.53. The van der Waals surface area contributed by atoms with Gasteiger partial charge in [-0.15, -0.1) is 0 Å². The molecule has 2 N–H and O–H groups in total. The molecule has 0 saturated heterocycles. The molecule has 0 heterocycles. The zero-order valence-corrected chi connectivity index (χ0v) is 16.4. The number of aryl methyl sites for hydroxylation is 1. The number of nitrogens with one attached hydrogen (secondary N) is 2. The van der Waals surface area contributed by atoms with Crippen LogP contribution in [-0.2, 0) is 17.8 Å². The highest BCUT2D eigenvalue weighted by Crippen LogP contribution is 2.29. The minimum Gasteiger partial charge on any atom is -0.493 e. The smallest absolute Gasteiger partial charge is 0.275 e. The van der Waals surface area contributed by atoms with Gasteiger partial charge < -0.3 is 19.7 Å². The number of methoxy groups -OCH3 is 2. The van der Waals surface area contributed by atoms with E-state index < -0.39 is 0 Å². The molecule has 0 fully saturated rings. The summed E-state index contributed by atoms with van der Waals surface area (Å²) in [6.07, 6.45) is 3.24. The molecule has 27 heavy (non-hydrogen) atoms. The number of carbonyl (C=O) groups excluding carboxylic acids is 1. The first-order valence-corrected chi connectivity index (χ1v) is 9.50. The van der Waals surface area contributed by atoms with Crippen molar-refractivity contribution in [1.82, 2.24) is 5.32 Å². The molecule has 5 heteroatoms. The summed E-state index contributed by atoms with van der Waals surface area (Å²) in [6, 6.07) is 14.5. The number of fused-ring (bicyclic) bond motifs is 1. The van der Waals surface area contributed by atoms with Crippen LogP contribution in [0.25, 0.3) is 0 Å². The van der Waals surface area contributed by atoms with Crippen molar-refractivity contribution in [3.63, 3.8) is 0 Å². The molecular weight excluding hydrogens is 340 g/mol. The van der Waals surface area contributed by atoms with E-state index >= 15 is 0 Å². The molecule has 2 aromatic rings. The summed E-state index contributed by atoms with van der Waals surface area (Å²) in [5.41, 5.74) is 3.75. The normalized spacial score (nSPS) is 16.9. The van der Waals surface area contributed by atoms with Gasteiger partial charge in [-0.25, -0.2) is 0 Å². The van der Waals surface area contributed by atoms with Gasteiger partial charge in [-0.1, -0.05) is 24.3 Å². The fourth-order valence-electron chi connectivity index (χ4n) is 3.82. The van der Waals surface area contributed by atoms with E-state index in [0.717, 1.165) is 36.3 Å². The van der Waals surface area contributed by atoms with Crippen molar-refractivity contribution in [1.29, 1.82) is 0 Å². The van der Waals surface area contributed by atoms with Crippen LogP contribution in [0.4, 0.5) is 0 Å². The first kappa shape index (κ1) is 19.2. The van der Waals surface area contributed by atoms with Gasteiger partial charge in [0.05, 0.1) is 27.3 Å². The Labute approximate surface area is 161 Å². The first-order chi connectivity index (χ1) is 13.1. The van der Waals surface area contributed by atoms with Crippen LogP contribution >= 0.6 is 0 Å². The molecule has 0 spiro atoms. The van der Waals surface area contributed by atoms with E-state index in [0.29, 0.717) is 18.0 Å². The zero-order chi connectivity index (χ0) is 19.2. The number of ether oxygens (including phenoxy) is 2. The predicted molar refractivity (Wildman–Crippen MR) is 105 cm³/mol. The van der Waals surface area contributed by atoms with Gasteiger partial charge in [-0.2, -0.15) is 0 Å². The summed E-state index contributed by atoms with van der Waals surface area (Å²) >= 11 is 0. The summed E-state index contributed by atoms with van der Waals surface area (Å²) in [5, 5.41) is 3.23. The average molecular weight is 369 g/mol. The van der Waals surface area contributed by atoms with E-state index in [1.165, 1.54) is 11.1 Å². The van der Waals surface area contributed by atoms with Gasteiger partial charge in [0.25, 0.3) is 5.91 Å². The molecule has 2 atom stereocenters. The minimum atomic E-state index is 0.0923. The second-order valence-corrected chi connectivity index (χ2v) is 7.21. The number of carbonyl (C=O) groups is 1. The highest BCUT2D eigenvalue weighted by Gasteiger charge is 2.22. The molecule has 3 rings (SSSR count). The van der Waals surface area contributed by atoms with Crippen molar-refractivity contribution in [2.75, 3.05) is 27.8 Å². The molecule has 0 saturated carbocycles. The third-order valence-corrected chi connectivity index (χ3v) is 5.12. The van der Waals surface area contributed by atoms with Crippen LogP contribution in [-0.4, -0.2) is 33.7 Å². The van der Waals surface area contributed by atoms with E-state index in [4.69, 9.17) is 9.47 Å². The Kier molecular flexibility index (Phi) is 6.35. The molecule has 1 aliphatic carbocycles. The summed E-state index contributed by atoms with van der Waals surface area (Å²) in [5.74, 6) is 1.52. The van der Waals surface area contributed by atoms with Crippen molar-refractivity contribution in [2.45, 2.75) is 31.8 Å². The fraction of sp³-hybridized carbons (Fsp3) is 0.409. The molecule has 0 radical (unpaired) electrons. The molecule has 0 aliphatic heterocycles. The summed E-state index contributed by atoms with van der Waals surface area (Å²) in [7, 11) is 5.29. The molecule has 1 aliphatic rings. The van der Waals surface area contributed by atoms with Crippen molar-refractivity contribution in [2.24, 2.45) is 0 Å². The molecule has 2 aromatic carbocycles. The highest BCUT2D eigenvalue weighted by atomic mass is 16.5. The van der Waals surface area contributed by atoms with Crippen LogP contribution in [0.1, 0.15) is 35.6 Å². The van der Waals surface area contributed by atoms with Gasteiger partial charge in [0.2, 0.25) is 0 Å². The number of benzene rings is 2. The third kappa shape index (κ3) is 4.80. The molecule has 0 bridgehead atoms. The average Bonchev–Trinajstić information content (AvgIpc) is 2.68. The third-order valence-electron chi connectivity index (χ3n) is 5.12. The summed E-state index contributed by atoms with van der Waals surface area (Å²) < 4.78 is 10.6. The van der Waals surface area contributed by atoms with Gasteiger partial charge in [0.1, 0.15) is 6.54 Å². The molecule has 0 aromatic heterocycles. The molecule has 1 amide bonds. The van der Waals surface area contributed by atoms with Crippen LogP contribution in [0, 0.1) is 0 Å². The van der Waals surface area contributed by atoms with Crippen molar-refractivity contribution in [3.05, 3.63) is 59.2 Å². The molecule has 5 nitrogen and oxygen atoms in total. The number of quaternary nitrogens is 1. The van der Waals surface area contributed by atoms with Crippen LogP contribution in [0.3, 0.4) is 0 Å². The van der Waals surface area contributed by atoms with Gasteiger partial charge in [0, 0.05) is 5.56 Å². The van der Waals surface area contributed by atoms with Gasteiger partial charge >= 0.3 is 0 Å². The lowest BCUT2D eigenvalue weighted by Gasteiger charge is -2.26. The van der Waals surface area contributed by atoms with E-state index in [-0.39, 0.29) is 11.9 Å². The van der Waals surface area contributed by atoms with Crippen LogP contribution in [0.5, 0.6) is 11.5 Å². The highest BCUT2D eigenvalue weighted by molar-refractivity contribution is 5.77. The number of hydrogen-bond acceptors (Lipinski definition) is 3. The quantitative estimate of drug-likeness (QED) is 0.784. The van der Waals surface area contributed by atoms with E-state index in [9.17, 15) is 4.79 Å². The zero-order valence-electron chi connectivity index (χ0n) is 16.4. The lowest BCUT2D eigenvalue weighted by molar-refractivity contribution is -0.885. The Morgan fingerprint density at radius 3 is 2.70 bits per heavy atom. The summed E-state index contributed by atoms with van der Waals surface area (Å²) in [4.78, 5) is 13.7. The maximum absolute atomic E-state index is 12.6. The lowest BCUT2D eigenvalue weighted by Crippen LogP contribution is -3.08. The Balaban J connectivity index is 1.57. The van der Waals surface area contributed by atoms with Crippen LogP contribution in [0.15, 0.2) is 42.5 Å². The van der Waals surface area contributed by atoms with Gasteiger partial charge in [-0.3, -0.25) is 4.79 Å². The van der Waals surface area contributed by atoms with E-state index in [2.05, 4.69) is 29.6 Å². The SMILES string of the molecule is COc1ccc(C[NH+](C)CC(=O)N[C@H]2CCCc3ccccc32)cc1OC. The van der Waals surface area contributed by atoms with Crippen molar-refractivity contribution in [3.8, 4) is 11.5 Å². The van der Waals surface area contributed by atoms with E-state index in [1.807, 2.05) is 25.2 Å². The lowest BCUT2D eigenvalue weighted by atomic mass is 9.88. The van der Waals surface area contributed by atoms with E-state index in [1.54, 1.807) is 14.2 Å². The second-order valence-electron chi connectivity index (χ2n) is 7.21. The van der Waals surface area contributed by atoms with Crippen LogP contribution < -0.4 is 19.7 Å². The Morgan fingerprint density at radius 1 is 1.15 bits per heavy atom. The monoisotopic (exact) mass is 369 g/mol. The maximum atomic E-state index is 12.6. The number of rotatable bonds is 7. The molecular formula is C22H29N2O3+.